The first kappa shape index (κ1) is 17.1. The summed E-state index contributed by atoms with van der Waals surface area (Å²) in [7, 11) is 0. The number of aromatic nitrogens is 2. The zero-order valence-electron chi connectivity index (χ0n) is 14.5. The van der Waals surface area contributed by atoms with Gasteiger partial charge in [-0.1, -0.05) is 36.4 Å². The maximum atomic E-state index is 12.7. The lowest BCUT2D eigenvalue weighted by Gasteiger charge is -2.19. The minimum atomic E-state index is -0.0735. The third kappa shape index (κ3) is 3.23. The van der Waals surface area contributed by atoms with Crippen LogP contribution in [0, 0.1) is 0 Å². The lowest BCUT2D eigenvalue weighted by molar-refractivity contribution is 0.477. The fraction of sp³-hybridized carbons (Fsp3) is 0.200. The number of thiophene rings is 2. The number of aromatic amines is 1. The summed E-state index contributed by atoms with van der Waals surface area (Å²) in [6.45, 7) is 4.14. The van der Waals surface area contributed by atoms with Crippen molar-refractivity contribution in [2.75, 3.05) is 0 Å². The molecule has 0 radical (unpaired) electrons. The van der Waals surface area contributed by atoms with Crippen LogP contribution in [0.15, 0.2) is 58.0 Å². The molecule has 132 valence electrons. The van der Waals surface area contributed by atoms with Gasteiger partial charge in [-0.05, 0) is 30.9 Å². The molecule has 6 heteroatoms. The van der Waals surface area contributed by atoms with Gasteiger partial charge >= 0.3 is 0 Å². The van der Waals surface area contributed by atoms with E-state index in [-0.39, 0.29) is 17.6 Å². The van der Waals surface area contributed by atoms with Crippen LogP contribution in [0.25, 0.3) is 20.7 Å². The molecule has 4 nitrogen and oxygen atoms in total. The lowest BCUT2D eigenvalue weighted by Crippen LogP contribution is -2.26. The average Bonchev–Trinajstić information content (AvgIpc) is 3.31. The van der Waals surface area contributed by atoms with Gasteiger partial charge in [-0.25, -0.2) is 4.98 Å². The van der Waals surface area contributed by atoms with Crippen molar-refractivity contribution in [3.8, 4) is 10.4 Å². The van der Waals surface area contributed by atoms with E-state index in [1.165, 1.54) is 16.9 Å². The van der Waals surface area contributed by atoms with Gasteiger partial charge in [0.2, 0.25) is 0 Å². The van der Waals surface area contributed by atoms with Gasteiger partial charge in [0, 0.05) is 21.9 Å². The van der Waals surface area contributed by atoms with Crippen molar-refractivity contribution in [2.45, 2.75) is 25.9 Å². The van der Waals surface area contributed by atoms with Crippen LogP contribution in [0.2, 0.25) is 0 Å². The lowest BCUT2D eigenvalue weighted by atomic mass is 10.1. The molecule has 3 aromatic heterocycles. The van der Waals surface area contributed by atoms with Crippen LogP contribution in [-0.2, 0) is 0 Å². The first-order chi connectivity index (χ1) is 12.6. The number of hydrogen-bond acceptors (Lipinski definition) is 5. The number of benzene rings is 1. The number of H-pyrrole nitrogens is 1. The Hall–Kier alpha value is -2.28. The summed E-state index contributed by atoms with van der Waals surface area (Å²) in [6.07, 6.45) is 0. The van der Waals surface area contributed by atoms with E-state index < -0.39 is 0 Å². The normalized spacial score (nSPS) is 13.8. The molecule has 0 unspecified atom stereocenters. The summed E-state index contributed by atoms with van der Waals surface area (Å²) in [4.78, 5) is 22.3. The van der Waals surface area contributed by atoms with Gasteiger partial charge in [0.1, 0.15) is 10.7 Å². The van der Waals surface area contributed by atoms with Gasteiger partial charge in [0.25, 0.3) is 5.56 Å². The van der Waals surface area contributed by atoms with Crippen LogP contribution >= 0.6 is 22.7 Å². The van der Waals surface area contributed by atoms with Crippen LogP contribution in [0.4, 0.5) is 0 Å². The highest BCUT2D eigenvalue weighted by Crippen LogP contribution is 2.33. The fourth-order valence-electron chi connectivity index (χ4n) is 3.08. The van der Waals surface area contributed by atoms with Crippen LogP contribution in [0.5, 0.6) is 0 Å². The summed E-state index contributed by atoms with van der Waals surface area (Å²) in [5.41, 5.74) is 2.10. The minimum absolute atomic E-state index is 0.0606. The standard InChI is InChI=1S/C20H19N3OS2/c1-12(14-7-4-3-5-8-14)21-13(2)18-22-19(24)17-15(11-26-20(17)23-18)16-9-6-10-25-16/h3-13,21H,1-2H3,(H,22,23,24)/t12-,13-/m0/s1. The monoisotopic (exact) mass is 381 g/mol. The molecule has 4 aromatic rings. The highest BCUT2D eigenvalue weighted by Gasteiger charge is 2.17. The predicted molar refractivity (Wildman–Crippen MR) is 110 cm³/mol. The molecule has 0 amide bonds. The molecule has 0 aliphatic heterocycles. The fourth-order valence-corrected chi connectivity index (χ4v) is 4.84. The number of rotatable bonds is 5. The van der Waals surface area contributed by atoms with Gasteiger partial charge in [-0.15, -0.1) is 22.7 Å². The number of fused-ring (bicyclic) bond motifs is 1. The predicted octanol–water partition coefficient (Wildman–Crippen LogP) is 5.12. The molecule has 0 saturated carbocycles. The van der Waals surface area contributed by atoms with Crippen LogP contribution in [-0.4, -0.2) is 9.97 Å². The Kier molecular flexibility index (Phi) is 4.72. The number of hydrogen-bond donors (Lipinski definition) is 2. The molecule has 0 aliphatic carbocycles. The van der Waals surface area contributed by atoms with E-state index in [0.29, 0.717) is 11.2 Å². The van der Waals surface area contributed by atoms with Crippen molar-refractivity contribution in [2.24, 2.45) is 0 Å². The van der Waals surface area contributed by atoms with Crippen LogP contribution in [0.3, 0.4) is 0 Å². The summed E-state index contributed by atoms with van der Waals surface area (Å²) in [5.74, 6) is 0.671. The first-order valence-corrected chi connectivity index (χ1v) is 10.3. The first-order valence-electron chi connectivity index (χ1n) is 8.50. The molecule has 0 fully saturated rings. The number of nitrogens with zero attached hydrogens (tertiary/aromatic N) is 1. The quantitative estimate of drug-likeness (QED) is 0.504. The van der Waals surface area contributed by atoms with Gasteiger partial charge in [-0.3, -0.25) is 4.79 Å². The maximum Gasteiger partial charge on any atom is 0.260 e. The van der Waals surface area contributed by atoms with E-state index >= 15 is 0 Å². The Morgan fingerprint density at radius 1 is 1.04 bits per heavy atom. The van der Waals surface area contributed by atoms with Crippen molar-refractivity contribution in [1.29, 1.82) is 0 Å². The largest absolute Gasteiger partial charge is 0.309 e. The van der Waals surface area contributed by atoms with E-state index in [4.69, 9.17) is 4.98 Å². The van der Waals surface area contributed by atoms with E-state index in [2.05, 4.69) is 29.4 Å². The highest BCUT2D eigenvalue weighted by atomic mass is 32.1. The second-order valence-electron chi connectivity index (χ2n) is 6.28. The maximum absolute atomic E-state index is 12.7. The molecule has 0 spiro atoms. The average molecular weight is 382 g/mol. The van der Waals surface area contributed by atoms with E-state index in [9.17, 15) is 4.79 Å². The van der Waals surface area contributed by atoms with E-state index in [1.54, 1.807) is 11.3 Å². The van der Waals surface area contributed by atoms with Crippen LogP contribution in [0.1, 0.15) is 37.3 Å². The second-order valence-corrected chi connectivity index (χ2v) is 8.08. The van der Waals surface area contributed by atoms with Crippen molar-refractivity contribution >= 4 is 32.9 Å². The molecule has 0 saturated heterocycles. The van der Waals surface area contributed by atoms with Crippen molar-refractivity contribution in [3.05, 3.63) is 75.0 Å². The highest BCUT2D eigenvalue weighted by molar-refractivity contribution is 7.18. The summed E-state index contributed by atoms with van der Waals surface area (Å²) in [6, 6.07) is 14.4. The zero-order chi connectivity index (χ0) is 18.1. The van der Waals surface area contributed by atoms with Crippen molar-refractivity contribution in [1.82, 2.24) is 15.3 Å². The molecule has 4 rings (SSSR count). The molecule has 3 heterocycles. The zero-order valence-corrected chi connectivity index (χ0v) is 16.2. The summed E-state index contributed by atoms with van der Waals surface area (Å²) >= 11 is 3.16. The minimum Gasteiger partial charge on any atom is -0.309 e. The third-order valence-electron chi connectivity index (χ3n) is 4.46. The topological polar surface area (TPSA) is 57.8 Å². The Morgan fingerprint density at radius 2 is 1.85 bits per heavy atom. The molecule has 0 bridgehead atoms. The van der Waals surface area contributed by atoms with Crippen LogP contribution < -0.4 is 10.9 Å². The molecule has 2 atom stereocenters. The molecule has 2 N–H and O–H groups in total. The van der Waals surface area contributed by atoms with E-state index in [0.717, 1.165) is 15.3 Å². The SMILES string of the molecule is C[C@H](N[C@@H](C)c1nc2scc(-c3cccs3)c2c(=O)[nH]1)c1ccccc1. The van der Waals surface area contributed by atoms with Gasteiger partial charge in [0.15, 0.2) is 0 Å². The second kappa shape index (κ2) is 7.15. The molecule has 0 aliphatic rings. The molecular weight excluding hydrogens is 362 g/mol. The Balaban J connectivity index is 1.64. The van der Waals surface area contributed by atoms with E-state index in [1.807, 2.05) is 48.0 Å². The molecule has 26 heavy (non-hydrogen) atoms. The Morgan fingerprint density at radius 3 is 2.58 bits per heavy atom. The molecule has 1 aromatic carbocycles. The van der Waals surface area contributed by atoms with Gasteiger partial charge in [0.05, 0.1) is 11.4 Å². The smallest absolute Gasteiger partial charge is 0.260 e. The summed E-state index contributed by atoms with van der Waals surface area (Å²) in [5, 5.41) is 8.24. The summed E-state index contributed by atoms with van der Waals surface area (Å²) < 4.78 is 0. The molecular formula is C20H19N3OS2. The number of nitrogens with one attached hydrogen (secondary N) is 2. The van der Waals surface area contributed by atoms with Crippen molar-refractivity contribution < 1.29 is 0 Å². The van der Waals surface area contributed by atoms with Crippen molar-refractivity contribution in [3.63, 3.8) is 0 Å². The Bertz CT molecular complexity index is 1070. The third-order valence-corrected chi connectivity index (χ3v) is 6.23. The Labute approximate surface area is 159 Å². The van der Waals surface area contributed by atoms with Gasteiger partial charge in [-0.2, -0.15) is 0 Å². The van der Waals surface area contributed by atoms with Gasteiger partial charge < -0.3 is 10.3 Å².